The van der Waals surface area contributed by atoms with Crippen LogP contribution in [0.2, 0.25) is 0 Å². The SMILES string of the molecule is COC(=O)c1ccc(CN2CC(C)N(Cc3ccccc3C3=CCN(C(=O)OC(C)(C)C)CC3)[C@@H](C)C2)cc1. The van der Waals surface area contributed by atoms with Crippen molar-refractivity contribution >= 4 is 17.6 Å². The molecule has 7 heteroatoms. The third-order valence-corrected chi connectivity index (χ3v) is 7.54. The number of benzene rings is 2. The van der Waals surface area contributed by atoms with E-state index in [0.717, 1.165) is 32.6 Å². The van der Waals surface area contributed by atoms with E-state index < -0.39 is 5.60 Å². The number of ether oxygens (including phenoxy) is 2. The Balaban J connectivity index is 1.38. The van der Waals surface area contributed by atoms with Crippen molar-refractivity contribution in [3.8, 4) is 0 Å². The molecule has 0 N–H and O–H groups in total. The highest BCUT2D eigenvalue weighted by Crippen LogP contribution is 2.29. The first kappa shape index (κ1) is 28.8. The van der Waals surface area contributed by atoms with Crippen LogP contribution in [0.4, 0.5) is 4.79 Å². The molecule has 4 rings (SSSR count). The van der Waals surface area contributed by atoms with Gasteiger partial charge in [0.1, 0.15) is 5.60 Å². The molecule has 0 saturated carbocycles. The molecule has 2 atom stereocenters. The van der Waals surface area contributed by atoms with Crippen LogP contribution >= 0.6 is 0 Å². The molecule has 0 aromatic heterocycles. The van der Waals surface area contributed by atoms with Crippen molar-refractivity contribution in [2.45, 2.75) is 71.8 Å². The molecule has 2 aliphatic rings. The van der Waals surface area contributed by atoms with E-state index >= 15 is 0 Å². The van der Waals surface area contributed by atoms with E-state index in [0.29, 0.717) is 30.7 Å². The highest BCUT2D eigenvalue weighted by Gasteiger charge is 2.30. The summed E-state index contributed by atoms with van der Waals surface area (Å²) >= 11 is 0. The number of carbonyl (C=O) groups excluding carboxylic acids is 2. The standard InChI is InChI=1S/C32H43N3O4/c1-23-19-33(21-25-11-13-27(14-12-25)30(36)38-6)20-24(2)35(23)22-28-9-7-8-10-29(28)26-15-17-34(18-16-26)31(37)39-32(3,4)5/h7-15,23-24H,16-22H2,1-6H3/t23-,24?/m0/s1. The van der Waals surface area contributed by atoms with Crippen molar-refractivity contribution in [1.29, 1.82) is 0 Å². The van der Waals surface area contributed by atoms with Gasteiger partial charge in [-0.3, -0.25) is 9.80 Å². The lowest BCUT2D eigenvalue weighted by atomic mass is 9.94. The average Bonchev–Trinajstić information content (AvgIpc) is 2.90. The molecule has 1 unspecified atom stereocenters. The van der Waals surface area contributed by atoms with Crippen molar-refractivity contribution in [2.24, 2.45) is 0 Å². The third kappa shape index (κ3) is 7.49. The van der Waals surface area contributed by atoms with Gasteiger partial charge in [-0.2, -0.15) is 0 Å². The van der Waals surface area contributed by atoms with Crippen LogP contribution in [0.3, 0.4) is 0 Å². The molecular formula is C32H43N3O4. The number of rotatable bonds is 6. The van der Waals surface area contributed by atoms with Crippen molar-refractivity contribution in [3.63, 3.8) is 0 Å². The molecule has 0 bridgehead atoms. The van der Waals surface area contributed by atoms with E-state index in [1.807, 2.05) is 45.0 Å². The Morgan fingerprint density at radius 3 is 2.21 bits per heavy atom. The van der Waals surface area contributed by atoms with Crippen LogP contribution in [0.25, 0.3) is 5.57 Å². The van der Waals surface area contributed by atoms with Crippen molar-refractivity contribution in [1.82, 2.24) is 14.7 Å². The third-order valence-electron chi connectivity index (χ3n) is 7.54. The van der Waals surface area contributed by atoms with Crippen molar-refractivity contribution in [3.05, 3.63) is 76.9 Å². The van der Waals surface area contributed by atoms with E-state index in [1.54, 1.807) is 4.90 Å². The molecule has 2 aromatic rings. The lowest BCUT2D eigenvalue weighted by Gasteiger charge is -2.45. The fourth-order valence-corrected chi connectivity index (χ4v) is 5.60. The summed E-state index contributed by atoms with van der Waals surface area (Å²) in [5.41, 5.74) is 5.22. The van der Waals surface area contributed by atoms with E-state index in [4.69, 9.17) is 9.47 Å². The minimum absolute atomic E-state index is 0.244. The highest BCUT2D eigenvalue weighted by molar-refractivity contribution is 5.89. The first-order valence-electron chi connectivity index (χ1n) is 13.9. The van der Waals surface area contributed by atoms with Crippen LogP contribution in [-0.4, -0.2) is 77.7 Å². The Morgan fingerprint density at radius 1 is 0.949 bits per heavy atom. The first-order chi connectivity index (χ1) is 18.5. The molecule has 39 heavy (non-hydrogen) atoms. The van der Waals surface area contributed by atoms with Crippen molar-refractivity contribution < 1.29 is 19.1 Å². The number of esters is 1. The minimum atomic E-state index is -0.486. The van der Waals surface area contributed by atoms with Gasteiger partial charge >= 0.3 is 12.1 Å². The highest BCUT2D eigenvalue weighted by atomic mass is 16.6. The maximum Gasteiger partial charge on any atom is 0.410 e. The Morgan fingerprint density at radius 2 is 1.62 bits per heavy atom. The Bertz CT molecular complexity index is 1170. The smallest absolute Gasteiger partial charge is 0.410 e. The molecule has 2 heterocycles. The Hall–Kier alpha value is -3.16. The summed E-state index contributed by atoms with van der Waals surface area (Å²) in [6.45, 7) is 15.3. The number of hydrogen-bond acceptors (Lipinski definition) is 6. The van der Waals surface area contributed by atoms with Gasteiger partial charge in [0.25, 0.3) is 0 Å². The van der Waals surface area contributed by atoms with Crippen LogP contribution in [0, 0.1) is 0 Å². The molecule has 1 saturated heterocycles. The normalized spacial score (nSPS) is 20.9. The fourth-order valence-electron chi connectivity index (χ4n) is 5.60. The summed E-state index contributed by atoms with van der Waals surface area (Å²) in [6, 6.07) is 17.2. The van der Waals surface area contributed by atoms with Crippen LogP contribution in [0.15, 0.2) is 54.6 Å². The van der Waals surface area contributed by atoms with E-state index in [2.05, 4.69) is 54.0 Å². The molecule has 0 aliphatic carbocycles. The Kier molecular flexibility index (Phi) is 9.13. The lowest BCUT2D eigenvalue weighted by Crippen LogP contribution is -2.55. The molecule has 1 amide bonds. The predicted octanol–water partition coefficient (Wildman–Crippen LogP) is 5.59. The van der Waals surface area contributed by atoms with Gasteiger partial charge in [0, 0.05) is 51.4 Å². The second-order valence-electron chi connectivity index (χ2n) is 11.8. The van der Waals surface area contributed by atoms with E-state index in [1.165, 1.54) is 29.4 Å². The summed E-state index contributed by atoms with van der Waals surface area (Å²) < 4.78 is 10.4. The van der Waals surface area contributed by atoms with Crippen LogP contribution in [0.1, 0.15) is 68.1 Å². The van der Waals surface area contributed by atoms with E-state index in [-0.39, 0.29) is 12.1 Å². The van der Waals surface area contributed by atoms with Gasteiger partial charge in [0.2, 0.25) is 0 Å². The fraction of sp³-hybridized carbons (Fsp3) is 0.500. The summed E-state index contributed by atoms with van der Waals surface area (Å²) in [6.07, 6.45) is 2.76. The zero-order chi connectivity index (χ0) is 28.2. The summed E-state index contributed by atoms with van der Waals surface area (Å²) in [4.78, 5) is 31.1. The first-order valence-corrected chi connectivity index (χ1v) is 13.9. The largest absolute Gasteiger partial charge is 0.465 e. The molecule has 2 aliphatic heterocycles. The summed E-state index contributed by atoms with van der Waals surface area (Å²) in [5, 5.41) is 0. The topological polar surface area (TPSA) is 62.3 Å². The zero-order valence-electron chi connectivity index (χ0n) is 24.3. The number of carbonyl (C=O) groups is 2. The van der Waals surface area contributed by atoms with Gasteiger partial charge in [0.15, 0.2) is 0 Å². The van der Waals surface area contributed by atoms with Gasteiger partial charge < -0.3 is 14.4 Å². The summed E-state index contributed by atoms with van der Waals surface area (Å²) in [7, 11) is 1.41. The van der Waals surface area contributed by atoms with Crippen molar-refractivity contribution in [2.75, 3.05) is 33.3 Å². The average molecular weight is 534 g/mol. The zero-order valence-corrected chi connectivity index (χ0v) is 24.3. The number of piperazine rings is 1. The number of nitrogens with zero attached hydrogens (tertiary/aromatic N) is 3. The maximum atomic E-state index is 12.5. The molecule has 7 nitrogen and oxygen atoms in total. The minimum Gasteiger partial charge on any atom is -0.465 e. The number of amides is 1. The molecule has 1 fully saturated rings. The monoisotopic (exact) mass is 533 g/mol. The van der Waals surface area contributed by atoms with Crippen LogP contribution < -0.4 is 0 Å². The second-order valence-corrected chi connectivity index (χ2v) is 11.8. The Labute approximate surface area is 233 Å². The van der Waals surface area contributed by atoms with Gasteiger partial charge in [0.05, 0.1) is 12.7 Å². The number of hydrogen-bond donors (Lipinski definition) is 0. The molecule has 210 valence electrons. The summed E-state index contributed by atoms with van der Waals surface area (Å²) in [5.74, 6) is -0.304. The lowest BCUT2D eigenvalue weighted by molar-refractivity contribution is 0.0268. The predicted molar refractivity (Wildman–Crippen MR) is 154 cm³/mol. The van der Waals surface area contributed by atoms with Crippen LogP contribution in [0.5, 0.6) is 0 Å². The van der Waals surface area contributed by atoms with Gasteiger partial charge in [-0.1, -0.05) is 42.5 Å². The molecule has 0 radical (unpaired) electrons. The quantitative estimate of drug-likeness (QED) is 0.451. The maximum absolute atomic E-state index is 12.5. The molecule has 2 aromatic carbocycles. The van der Waals surface area contributed by atoms with Crippen LogP contribution in [-0.2, 0) is 22.6 Å². The van der Waals surface area contributed by atoms with Gasteiger partial charge in [-0.15, -0.1) is 0 Å². The number of methoxy groups -OCH3 is 1. The molecule has 0 spiro atoms. The second kappa shape index (κ2) is 12.3. The van der Waals surface area contributed by atoms with Gasteiger partial charge in [-0.05, 0) is 75.4 Å². The van der Waals surface area contributed by atoms with E-state index in [9.17, 15) is 9.59 Å². The van der Waals surface area contributed by atoms with Gasteiger partial charge in [-0.25, -0.2) is 9.59 Å². The molecular weight excluding hydrogens is 490 g/mol.